The van der Waals surface area contributed by atoms with Crippen LogP contribution in [0.4, 0.5) is 0 Å². The SMILES string of the molecule is CCC=Cc1cc(C(=O)O)cc(Cl)c1Br. The van der Waals surface area contributed by atoms with Crippen LogP contribution >= 0.6 is 27.5 Å². The Morgan fingerprint density at radius 2 is 2.27 bits per heavy atom. The number of allylic oxidation sites excluding steroid dienone is 1. The summed E-state index contributed by atoms with van der Waals surface area (Å²) in [5.41, 5.74) is 0.973. The van der Waals surface area contributed by atoms with Gasteiger partial charge in [0.25, 0.3) is 0 Å². The van der Waals surface area contributed by atoms with Crippen LogP contribution in [0, 0.1) is 0 Å². The number of carboxylic acids is 1. The maximum Gasteiger partial charge on any atom is 0.335 e. The van der Waals surface area contributed by atoms with Crippen molar-refractivity contribution in [2.75, 3.05) is 0 Å². The van der Waals surface area contributed by atoms with Gasteiger partial charge in [0.05, 0.1) is 10.6 Å². The van der Waals surface area contributed by atoms with Crippen LogP contribution in [0.2, 0.25) is 5.02 Å². The number of carboxylic acid groups (broad SMARTS) is 1. The van der Waals surface area contributed by atoms with Gasteiger partial charge in [-0.1, -0.05) is 30.7 Å². The highest BCUT2D eigenvalue weighted by atomic mass is 79.9. The monoisotopic (exact) mass is 288 g/mol. The van der Waals surface area contributed by atoms with Crippen molar-refractivity contribution in [3.8, 4) is 0 Å². The molecule has 0 unspecified atom stereocenters. The highest BCUT2D eigenvalue weighted by Gasteiger charge is 2.09. The molecule has 0 aliphatic heterocycles. The van der Waals surface area contributed by atoms with Gasteiger partial charge in [0.2, 0.25) is 0 Å². The second kappa shape index (κ2) is 5.33. The molecule has 0 heterocycles. The van der Waals surface area contributed by atoms with Crippen LogP contribution in [0.1, 0.15) is 29.3 Å². The normalized spacial score (nSPS) is 10.9. The lowest BCUT2D eigenvalue weighted by Gasteiger charge is -2.03. The Balaban J connectivity index is 3.24. The lowest BCUT2D eigenvalue weighted by molar-refractivity contribution is 0.0697. The molecule has 1 N–H and O–H groups in total. The molecule has 0 aliphatic carbocycles. The number of aromatic carboxylic acids is 1. The van der Waals surface area contributed by atoms with Crippen molar-refractivity contribution in [2.24, 2.45) is 0 Å². The maximum absolute atomic E-state index is 10.8. The number of carbonyl (C=O) groups is 1. The first-order chi connectivity index (χ1) is 7.06. The molecule has 80 valence electrons. The number of benzene rings is 1. The molecule has 0 aromatic heterocycles. The minimum Gasteiger partial charge on any atom is -0.478 e. The van der Waals surface area contributed by atoms with Crippen LogP contribution in [0.15, 0.2) is 22.7 Å². The average Bonchev–Trinajstić information content (AvgIpc) is 2.19. The van der Waals surface area contributed by atoms with Gasteiger partial charge in [-0.2, -0.15) is 0 Å². The first kappa shape index (κ1) is 12.3. The van der Waals surface area contributed by atoms with E-state index >= 15 is 0 Å². The van der Waals surface area contributed by atoms with Crippen LogP contribution in [-0.4, -0.2) is 11.1 Å². The third-order valence-corrected chi connectivity index (χ3v) is 3.25. The second-order valence-corrected chi connectivity index (χ2v) is 4.18. The fourth-order valence-electron chi connectivity index (χ4n) is 1.10. The summed E-state index contributed by atoms with van der Waals surface area (Å²) < 4.78 is 0.721. The Labute approximate surface area is 102 Å². The summed E-state index contributed by atoms with van der Waals surface area (Å²) in [5.74, 6) is -0.976. The van der Waals surface area contributed by atoms with Gasteiger partial charge >= 0.3 is 5.97 Å². The molecule has 2 nitrogen and oxygen atoms in total. The van der Waals surface area contributed by atoms with Crippen molar-refractivity contribution in [3.63, 3.8) is 0 Å². The van der Waals surface area contributed by atoms with Gasteiger partial charge in [0, 0.05) is 4.47 Å². The summed E-state index contributed by atoms with van der Waals surface area (Å²) in [6.45, 7) is 2.01. The average molecular weight is 290 g/mol. The van der Waals surface area contributed by atoms with E-state index in [1.54, 1.807) is 6.07 Å². The van der Waals surface area contributed by atoms with E-state index in [9.17, 15) is 4.79 Å². The highest BCUT2D eigenvalue weighted by molar-refractivity contribution is 9.10. The molecule has 0 aliphatic rings. The van der Waals surface area contributed by atoms with Crippen LogP contribution in [0.3, 0.4) is 0 Å². The van der Waals surface area contributed by atoms with Crippen LogP contribution in [0.5, 0.6) is 0 Å². The zero-order chi connectivity index (χ0) is 11.4. The van der Waals surface area contributed by atoms with Gasteiger partial charge in [-0.05, 0) is 40.0 Å². The molecular weight excluding hydrogens is 279 g/mol. The van der Waals surface area contributed by atoms with E-state index in [4.69, 9.17) is 16.7 Å². The topological polar surface area (TPSA) is 37.3 Å². The Bertz CT molecular complexity index is 413. The van der Waals surface area contributed by atoms with Crippen LogP contribution in [0.25, 0.3) is 6.08 Å². The molecule has 15 heavy (non-hydrogen) atoms. The molecule has 1 aromatic carbocycles. The van der Waals surface area contributed by atoms with Crippen molar-refractivity contribution >= 4 is 39.6 Å². The molecule has 1 rings (SSSR count). The summed E-state index contributed by atoms with van der Waals surface area (Å²) >= 11 is 9.22. The van der Waals surface area contributed by atoms with Gasteiger partial charge in [-0.25, -0.2) is 4.79 Å². The molecule has 0 bridgehead atoms. The van der Waals surface area contributed by atoms with E-state index in [0.717, 1.165) is 16.5 Å². The smallest absolute Gasteiger partial charge is 0.335 e. The second-order valence-electron chi connectivity index (χ2n) is 2.98. The minimum atomic E-state index is -0.976. The van der Waals surface area contributed by atoms with Crippen molar-refractivity contribution in [2.45, 2.75) is 13.3 Å². The fraction of sp³-hybridized carbons (Fsp3) is 0.182. The first-order valence-electron chi connectivity index (χ1n) is 4.45. The van der Waals surface area contributed by atoms with Crippen LogP contribution < -0.4 is 0 Å². The summed E-state index contributed by atoms with van der Waals surface area (Å²) in [5, 5.41) is 9.26. The Morgan fingerprint density at radius 3 is 2.80 bits per heavy atom. The summed E-state index contributed by atoms with van der Waals surface area (Å²) in [7, 11) is 0. The van der Waals surface area contributed by atoms with Gasteiger partial charge in [0.15, 0.2) is 0 Å². The van der Waals surface area contributed by atoms with Crippen molar-refractivity contribution in [3.05, 3.63) is 38.8 Å². The van der Waals surface area contributed by atoms with Crippen LogP contribution in [-0.2, 0) is 0 Å². The van der Waals surface area contributed by atoms with E-state index in [2.05, 4.69) is 15.9 Å². The lowest BCUT2D eigenvalue weighted by Crippen LogP contribution is -1.97. The summed E-state index contributed by atoms with van der Waals surface area (Å²) in [6.07, 6.45) is 4.69. The predicted molar refractivity (Wildman–Crippen MR) is 65.4 cm³/mol. The minimum absolute atomic E-state index is 0.193. The quantitative estimate of drug-likeness (QED) is 0.904. The van der Waals surface area contributed by atoms with Gasteiger partial charge in [-0.3, -0.25) is 0 Å². The van der Waals surface area contributed by atoms with E-state index in [1.165, 1.54) is 6.07 Å². The molecule has 0 amide bonds. The summed E-state index contributed by atoms with van der Waals surface area (Å²) in [4.78, 5) is 10.8. The fourth-order valence-corrected chi connectivity index (χ4v) is 1.69. The Morgan fingerprint density at radius 1 is 1.60 bits per heavy atom. The molecular formula is C11H10BrClO2. The van der Waals surface area contributed by atoms with Gasteiger partial charge < -0.3 is 5.11 Å². The third-order valence-electron chi connectivity index (χ3n) is 1.84. The molecule has 1 aromatic rings. The molecule has 0 atom stereocenters. The summed E-state index contributed by atoms with van der Waals surface area (Å²) in [6, 6.07) is 3.02. The predicted octanol–water partition coefficient (Wildman–Crippen LogP) is 4.22. The Hall–Kier alpha value is -0.800. The number of hydrogen-bond acceptors (Lipinski definition) is 1. The molecule has 0 radical (unpaired) electrons. The molecule has 0 fully saturated rings. The van der Waals surface area contributed by atoms with E-state index < -0.39 is 5.97 Å². The van der Waals surface area contributed by atoms with Crippen molar-refractivity contribution < 1.29 is 9.90 Å². The third kappa shape index (κ3) is 3.08. The number of rotatable bonds is 3. The molecule has 0 saturated carbocycles. The first-order valence-corrected chi connectivity index (χ1v) is 5.62. The van der Waals surface area contributed by atoms with E-state index in [1.807, 2.05) is 19.1 Å². The zero-order valence-corrected chi connectivity index (χ0v) is 10.5. The largest absolute Gasteiger partial charge is 0.478 e. The molecule has 0 saturated heterocycles. The van der Waals surface area contributed by atoms with Gasteiger partial charge in [-0.15, -0.1) is 0 Å². The Kier molecular flexibility index (Phi) is 4.36. The van der Waals surface area contributed by atoms with E-state index in [-0.39, 0.29) is 5.56 Å². The lowest BCUT2D eigenvalue weighted by atomic mass is 10.1. The number of halogens is 2. The van der Waals surface area contributed by atoms with Gasteiger partial charge in [0.1, 0.15) is 0 Å². The van der Waals surface area contributed by atoms with E-state index in [0.29, 0.717) is 5.02 Å². The highest BCUT2D eigenvalue weighted by Crippen LogP contribution is 2.29. The van der Waals surface area contributed by atoms with Crippen molar-refractivity contribution in [1.29, 1.82) is 0 Å². The zero-order valence-electron chi connectivity index (χ0n) is 8.13. The maximum atomic E-state index is 10.8. The number of hydrogen-bond donors (Lipinski definition) is 1. The molecule has 4 heteroatoms. The van der Waals surface area contributed by atoms with Crippen molar-refractivity contribution in [1.82, 2.24) is 0 Å². The molecule has 0 spiro atoms. The standard InChI is InChI=1S/C11H10BrClO2/c1-2-3-4-7-5-8(11(14)15)6-9(13)10(7)12/h3-6H,2H2,1H3,(H,14,15).